The Kier molecular flexibility index (Phi) is 3.54. The number of anilines is 1. The molecule has 1 N–H and O–H groups in total. The van der Waals surface area contributed by atoms with Gasteiger partial charge in [-0.05, 0) is 31.5 Å². The fourth-order valence-corrected chi connectivity index (χ4v) is 2.32. The lowest BCUT2D eigenvalue weighted by Crippen LogP contribution is -2.14. The van der Waals surface area contributed by atoms with E-state index >= 15 is 0 Å². The highest BCUT2D eigenvalue weighted by Gasteiger charge is 2.07. The number of rotatable bonds is 3. The molecule has 0 saturated carbocycles. The highest BCUT2D eigenvalue weighted by atomic mass is 32.1. The van der Waals surface area contributed by atoms with E-state index in [2.05, 4.69) is 10.3 Å². The number of nitrogens with one attached hydrogen (secondary N) is 1. The number of nitrogens with zero attached hydrogens (tertiary/aromatic N) is 1. The lowest BCUT2D eigenvalue weighted by atomic mass is 10.2. The molecule has 1 aromatic carbocycles. The zero-order chi connectivity index (χ0) is 12.3. The minimum absolute atomic E-state index is 0.0232. The van der Waals surface area contributed by atoms with Gasteiger partial charge in [-0.15, -0.1) is 11.3 Å². The van der Waals surface area contributed by atoms with E-state index in [1.165, 1.54) is 11.3 Å². The Morgan fingerprint density at radius 3 is 2.88 bits per heavy atom. The zero-order valence-electron chi connectivity index (χ0n) is 9.86. The fourth-order valence-electron chi connectivity index (χ4n) is 1.55. The van der Waals surface area contributed by atoms with E-state index in [1.54, 1.807) is 0 Å². The highest BCUT2D eigenvalue weighted by Crippen LogP contribution is 2.12. The number of amides is 1. The second-order valence-corrected chi connectivity index (χ2v) is 4.92. The van der Waals surface area contributed by atoms with Gasteiger partial charge < -0.3 is 5.32 Å². The van der Waals surface area contributed by atoms with Crippen LogP contribution in [0, 0.1) is 13.8 Å². The van der Waals surface area contributed by atoms with Crippen LogP contribution >= 0.6 is 11.3 Å². The Labute approximate surface area is 105 Å². The molecule has 0 aliphatic heterocycles. The van der Waals surface area contributed by atoms with Crippen molar-refractivity contribution in [2.75, 3.05) is 5.32 Å². The van der Waals surface area contributed by atoms with E-state index in [-0.39, 0.29) is 5.91 Å². The number of hydrogen-bond donors (Lipinski definition) is 1. The Bertz CT molecular complexity index is 534. The summed E-state index contributed by atoms with van der Waals surface area (Å²) in [5.74, 6) is -0.0232. The molecule has 1 amide bonds. The van der Waals surface area contributed by atoms with E-state index < -0.39 is 0 Å². The summed E-state index contributed by atoms with van der Waals surface area (Å²) in [6.07, 6.45) is 0.340. The third kappa shape index (κ3) is 3.39. The predicted octanol–water partition coefficient (Wildman–Crippen LogP) is 2.94. The average molecular weight is 246 g/mol. The monoisotopic (exact) mass is 246 g/mol. The van der Waals surface area contributed by atoms with E-state index in [0.717, 1.165) is 22.0 Å². The summed E-state index contributed by atoms with van der Waals surface area (Å²) in [7, 11) is 0. The normalized spacial score (nSPS) is 10.2. The van der Waals surface area contributed by atoms with Crippen LogP contribution in [0.1, 0.15) is 16.3 Å². The molecule has 0 atom stereocenters. The van der Waals surface area contributed by atoms with Crippen LogP contribution in [-0.2, 0) is 11.2 Å². The van der Waals surface area contributed by atoms with Crippen LogP contribution in [-0.4, -0.2) is 10.9 Å². The Balaban J connectivity index is 1.98. The molecule has 0 bridgehead atoms. The average Bonchev–Trinajstić information content (AvgIpc) is 2.63. The third-order valence-electron chi connectivity index (χ3n) is 2.28. The second-order valence-electron chi connectivity index (χ2n) is 3.98. The van der Waals surface area contributed by atoms with Crippen molar-refractivity contribution in [3.05, 3.63) is 45.9 Å². The molecule has 4 heteroatoms. The van der Waals surface area contributed by atoms with Crippen molar-refractivity contribution in [3.8, 4) is 0 Å². The van der Waals surface area contributed by atoms with Gasteiger partial charge in [-0.25, -0.2) is 4.98 Å². The third-order valence-corrected chi connectivity index (χ3v) is 3.25. The van der Waals surface area contributed by atoms with Gasteiger partial charge in [-0.1, -0.05) is 12.1 Å². The van der Waals surface area contributed by atoms with E-state index in [0.29, 0.717) is 6.42 Å². The molecule has 0 fully saturated rings. The molecule has 0 radical (unpaired) electrons. The molecular formula is C13H14N2OS. The quantitative estimate of drug-likeness (QED) is 0.904. The highest BCUT2D eigenvalue weighted by molar-refractivity contribution is 7.09. The van der Waals surface area contributed by atoms with Gasteiger partial charge in [0.2, 0.25) is 5.91 Å². The van der Waals surface area contributed by atoms with Gasteiger partial charge in [-0.3, -0.25) is 4.79 Å². The maximum atomic E-state index is 11.8. The Morgan fingerprint density at radius 1 is 1.41 bits per heavy atom. The number of carbonyl (C=O) groups is 1. The van der Waals surface area contributed by atoms with Gasteiger partial charge in [0.1, 0.15) is 5.01 Å². The molecule has 3 nitrogen and oxygen atoms in total. The first-order valence-corrected chi connectivity index (χ1v) is 6.29. The van der Waals surface area contributed by atoms with Crippen LogP contribution < -0.4 is 5.32 Å². The smallest absolute Gasteiger partial charge is 0.231 e. The minimum atomic E-state index is -0.0232. The molecule has 0 saturated heterocycles. The molecule has 1 aromatic heterocycles. The van der Waals surface area contributed by atoms with Crippen molar-refractivity contribution in [2.24, 2.45) is 0 Å². The number of aryl methyl sites for hydroxylation is 2. The Hall–Kier alpha value is -1.68. The lowest BCUT2D eigenvalue weighted by Gasteiger charge is -2.04. The van der Waals surface area contributed by atoms with Crippen LogP contribution in [0.15, 0.2) is 29.6 Å². The van der Waals surface area contributed by atoms with Crippen LogP contribution in [0.3, 0.4) is 0 Å². The van der Waals surface area contributed by atoms with Crippen LogP contribution in [0.4, 0.5) is 5.69 Å². The summed E-state index contributed by atoms with van der Waals surface area (Å²) in [6.45, 7) is 3.93. The summed E-state index contributed by atoms with van der Waals surface area (Å²) in [4.78, 5) is 16.0. The predicted molar refractivity (Wildman–Crippen MR) is 70.4 cm³/mol. The first-order chi connectivity index (χ1) is 8.13. The number of carbonyl (C=O) groups excluding carboxylic acids is 1. The number of hydrogen-bond acceptors (Lipinski definition) is 3. The van der Waals surface area contributed by atoms with Crippen molar-refractivity contribution in [1.29, 1.82) is 0 Å². The van der Waals surface area contributed by atoms with E-state index in [9.17, 15) is 4.79 Å². The lowest BCUT2D eigenvalue weighted by molar-refractivity contribution is -0.115. The molecule has 2 aromatic rings. The van der Waals surface area contributed by atoms with Gasteiger partial charge in [0, 0.05) is 16.8 Å². The summed E-state index contributed by atoms with van der Waals surface area (Å²) in [6, 6.07) is 7.77. The van der Waals surface area contributed by atoms with Gasteiger partial charge >= 0.3 is 0 Å². The number of benzene rings is 1. The summed E-state index contributed by atoms with van der Waals surface area (Å²) in [5, 5.41) is 5.68. The molecule has 0 aliphatic carbocycles. The van der Waals surface area contributed by atoms with Crippen molar-refractivity contribution >= 4 is 22.9 Å². The maximum Gasteiger partial charge on any atom is 0.231 e. The minimum Gasteiger partial charge on any atom is -0.326 e. The van der Waals surface area contributed by atoms with Gasteiger partial charge in [0.05, 0.1) is 6.42 Å². The van der Waals surface area contributed by atoms with Crippen LogP contribution in [0.2, 0.25) is 0 Å². The van der Waals surface area contributed by atoms with E-state index in [4.69, 9.17) is 0 Å². The molecule has 1 heterocycles. The molecule has 0 spiro atoms. The maximum absolute atomic E-state index is 11.8. The zero-order valence-corrected chi connectivity index (χ0v) is 10.7. The summed E-state index contributed by atoms with van der Waals surface area (Å²) < 4.78 is 0. The molecular weight excluding hydrogens is 232 g/mol. The van der Waals surface area contributed by atoms with Crippen molar-refractivity contribution < 1.29 is 4.79 Å². The topological polar surface area (TPSA) is 42.0 Å². The Morgan fingerprint density at radius 2 is 2.24 bits per heavy atom. The number of aromatic nitrogens is 1. The standard InChI is InChI=1S/C13H14N2OS/c1-9-4-3-5-11(6-9)15-12(16)7-13-14-10(2)8-17-13/h3-6,8H,7H2,1-2H3,(H,15,16). The van der Waals surface area contributed by atoms with Gasteiger partial charge in [0.25, 0.3) is 0 Å². The molecule has 0 unspecified atom stereocenters. The SMILES string of the molecule is Cc1cccc(NC(=O)Cc2nc(C)cs2)c1. The van der Waals surface area contributed by atoms with Crippen molar-refractivity contribution in [1.82, 2.24) is 4.98 Å². The van der Waals surface area contributed by atoms with Crippen molar-refractivity contribution in [2.45, 2.75) is 20.3 Å². The van der Waals surface area contributed by atoms with Crippen molar-refractivity contribution in [3.63, 3.8) is 0 Å². The second kappa shape index (κ2) is 5.10. The molecule has 2 rings (SSSR count). The summed E-state index contributed by atoms with van der Waals surface area (Å²) >= 11 is 1.52. The molecule has 88 valence electrons. The van der Waals surface area contributed by atoms with Gasteiger partial charge in [-0.2, -0.15) is 0 Å². The number of thiazole rings is 1. The van der Waals surface area contributed by atoms with Crippen LogP contribution in [0.25, 0.3) is 0 Å². The van der Waals surface area contributed by atoms with Gasteiger partial charge in [0.15, 0.2) is 0 Å². The fraction of sp³-hybridized carbons (Fsp3) is 0.231. The summed E-state index contributed by atoms with van der Waals surface area (Å²) in [5.41, 5.74) is 2.93. The molecule has 17 heavy (non-hydrogen) atoms. The first-order valence-electron chi connectivity index (χ1n) is 5.41. The molecule has 0 aliphatic rings. The van der Waals surface area contributed by atoms with Crippen LogP contribution in [0.5, 0.6) is 0 Å². The largest absolute Gasteiger partial charge is 0.326 e. The van der Waals surface area contributed by atoms with E-state index in [1.807, 2.05) is 43.5 Å². The first kappa shape index (κ1) is 11.8.